The number of rotatable bonds is 5. The molecule has 0 atom stereocenters. The molecule has 6 heteroatoms. The van der Waals surface area contributed by atoms with E-state index in [9.17, 15) is 4.79 Å². The minimum Gasteiger partial charge on any atom is -0.484 e. The molecule has 0 aliphatic rings. The molecule has 1 N–H and O–H groups in total. The lowest BCUT2D eigenvalue weighted by Crippen LogP contribution is -2.24. The molecule has 0 heterocycles. The summed E-state index contributed by atoms with van der Waals surface area (Å²) >= 11 is 11.9. The minimum atomic E-state index is -0.377. The zero-order chi connectivity index (χ0) is 15.1. The van der Waals surface area contributed by atoms with Gasteiger partial charge < -0.3 is 4.74 Å². The van der Waals surface area contributed by atoms with Gasteiger partial charge in [0.1, 0.15) is 5.75 Å². The van der Waals surface area contributed by atoms with E-state index >= 15 is 0 Å². The highest BCUT2D eigenvalue weighted by Crippen LogP contribution is 2.21. The van der Waals surface area contributed by atoms with Crippen molar-refractivity contribution in [2.24, 2.45) is 5.10 Å². The number of para-hydroxylation sites is 1. The van der Waals surface area contributed by atoms with Crippen molar-refractivity contribution < 1.29 is 9.53 Å². The van der Waals surface area contributed by atoms with E-state index in [4.69, 9.17) is 27.9 Å². The third kappa shape index (κ3) is 4.77. The Kier molecular flexibility index (Phi) is 5.60. The van der Waals surface area contributed by atoms with Crippen LogP contribution >= 0.6 is 23.2 Å². The van der Waals surface area contributed by atoms with Gasteiger partial charge in [0.25, 0.3) is 5.91 Å². The highest BCUT2D eigenvalue weighted by molar-refractivity contribution is 6.38. The standard InChI is InChI=1S/C15H12Cl2N2O2/c16-13-7-4-8-14(17)12(13)9-18-19-15(20)10-21-11-5-2-1-3-6-11/h1-9H,10H2,(H,19,20)/b18-9-. The van der Waals surface area contributed by atoms with E-state index < -0.39 is 0 Å². The average Bonchev–Trinajstić information content (AvgIpc) is 2.49. The molecule has 21 heavy (non-hydrogen) atoms. The summed E-state index contributed by atoms with van der Waals surface area (Å²) in [6, 6.07) is 14.2. The smallest absolute Gasteiger partial charge is 0.277 e. The summed E-state index contributed by atoms with van der Waals surface area (Å²) in [5, 5.41) is 4.72. The molecular formula is C15H12Cl2N2O2. The number of hydrazone groups is 1. The fourth-order valence-corrected chi connectivity index (χ4v) is 2.00. The fraction of sp³-hybridized carbons (Fsp3) is 0.0667. The Hall–Kier alpha value is -2.04. The molecule has 0 saturated carbocycles. The van der Waals surface area contributed by atoms with Crippen LogP contribution in [-0.2, 0) is 4.79 Å². The van der Waals surface area contributed by atoms with Gasteiger partial charge in [-0.25, -0.2) is 5.43 Å². The van der Waals surface area contributed by atoms with Gasteiger partial charge in [-0.3, -0.25) is 4.79 Å². The Bertz CT molecular complexity index is 625. The van der Waals surface area contributed by atoms with Gasteiger partial charge >= 0.3 is 0 Å². The summed E-state index contributed by atoms with van der Waals surface area (Å²) in [5.41, 5.74) is 2.89. The summed E-state index contributed by atoms with van der Waals surface area (Å²) in [4.78, 5) is 11.6. The van der Waals surface area contributed by atoms with Crippen molar-refractivity contribution in [3.63, 3.8) is 0 Å². The maximum Gasteiger partial charge on any atom is 0.277 e. The normalized spacial score (nSPS) is 10.6. The molecule has 1 amide bonds. The molecule has 0 fully saturated rings. The molecule has 2 aromatic carbocycles. The predicted octanol–water partition coefficient (Wildman–Crippen LogP) is 3.52. The lowest BCUT2D eigenvalue weighted by Gasteiger charge is -2.04. The van der Waals surface area contributed by atoms with E-state index in [2.05, 4.69) is 10.5 Å². The van der Waals surface area contributed by atoms with Gasteiger partial charge in [0.05, 0.1) is 16.3 Å². The number of carbonyl (C=O) groups excluding carboxylic acids is 1. The number of carbonyl (C=O) groups is 1. The maximum absolute atomic E-state index is 11.6. The van der Waals surface area contributed by atoms with Crippen molar-refractivity contribution in [1.29, 1.82) is 0 Å². The average molecular weight is 323 g/mol. The lowest BCUT2D eigenvalue weighted by molar-refractivity contribution is -0.123. The van der Waals surface area contributed by atoms with Crippen molar-refractivity contribution in [2.75, 3.05) is 6.61 Å². The molecule has 0 aliphatic heterocycles. The Balaban J connectivity index is 1.85. The fourth-order valence-electron chi connectivity index (χ4n) is 1.50. The summed E-state index contributed by atoms with van der Waals surface area (Å²) in [5.74, 6) is 0.240. The van der Waals surface area contributed by atoms with Crippen LogP contribution in [0.4, 0.5) is 0 Å². The van der Waals surface area contributed by atoms with Crippen molar-refractivity contribution in [2.45, 2.75) is 0 Å². The second-order valence-electron chi connectivity index (χ2n) is 4.03. The first-order valence-corrected chi connectivity index (χ1v) is 6.86. The number of ether oxygens (including phenoxy) is 1. The molecule has 108 valence electrons. The molecule has 0 aromatic heterocycles. The van der Waals surface area contributed by atoms with E-state index in [1.165, 1.54) is 6.21 Å². The van der Waals surface area contributed by atoms with Gasteiger partial charge in [-0.05, 0) is 24.3 Å². The van der Waals surface area contributed by atoms with Gasteiger partial charge in [-0.2, -0.15) is 5.10 Å². The van der Waals surface area contributed by atoms with E-state index in [0.717, 1.165) is 0 Å². The zero-order valence-corrected chi connectivity index (χ0v) is 12.4. The molecule has 4 nitrogen and oxygen atoms in total. The maximum atomic E-state index is 11.6. The summed E-state index contributed by atoms with van der Waals surface area (Å²) in [6.07, 6.45) is 1.39. The first-order chi connectivity index (χ1) is 10.2. The van der Waals surface area contributed by atoms with Crippen molar-refractivity contribution >= 4 is 35.3 Å². The van der Waals surface area contributed by atoms with Gasteiger partial charge in [0.15, 0.2) is 6.61 Å². The van der Waals surface area contributed by atoms with Crippen molar-refractivity contribution in [1.82, 2.24) is 5.43 Å². The molecule has 2 rings (SSSR count). The second-order valence-corrected chi connectivity index (χ2v) is 4.84. The largest absolute Gasteiger partial charge is 0.484 e. The van der Waals surface area contributed by atoms with E-state index in [-0.39, 0.29) is 12.5 Å². The zero-order valence-electron chi connectivity index (χ0n) is 10.9. The number of hydrogen-bond acceptors (Lipinski definition) is 3. The number of amides is 1. The number of halogens is 2. The van der Waals surface area contributed by atoms with E-state index in [1.807, 2.05) is 18.2 Å². The highest BCUT2D eigenvalue weighted by atomic mass is 35.5. The Labute approximate surface area is 132 Å². The van der Waals surface area contributed by atoms with Crippen LogP contribution < -0.4 is 10.2 Å². The molecule has 0 aliphatic carbocycles. The van der Waals surface area contributed by atoms with Crippen molar-refractivity contribution in [3.8, 4) is 5.75 Å². The van der Waals surface area contributed by atoms with Crippen LogP contribution in [0.25, 0.3) is 0 Å². The van der Waals surface area contributed by atoms with Crippen LogP contribution in [0.3, 0.4) is 0 Å². The summed E-state index contributed by atoms with van der Waals surface area (Å²) in [6.45, 7) is -0.127. The molecule has 0 bridgehead atoms. The van der Waals surface area contributed by atoms with Crippen LogP contribution in [0, 0.1) is 0 Å². The number of hydrogen-bond donors (Lipinski definition) is 1. The summed E-state index contributed by atoms with van der Waals surface area (Å²) in [7, 11) is 0. The molecule has 0 spiro atoms. The first-order valence-electron chi connectivity index (χ1n) is 6.10. The monoisotopic (exact) mass is 322 g/mol. The topological polar surface area (TPSA) is 50.7 Å². The molecule has 0 saturated heterocycles. The van der Waals surface area contributed by atoms with Gasteiger partial charge in [0.2, 0.25) is 0 Å². The van der Waals surface area contributed by atoms with E-state index in [1.54, 1.807) is 30.3 Å². The third-order valence-corrected chi connectivity index (χ3v) is 3.15. The molecule has 2 aromatic rings. The third-order valence-electron chi connectivity index (χ3n) is 2.50. The molecule has 0 unspecified atom stereocenters. The van der Waals surface area contributed by atoms with E-state index in [0.29, 0.717) is 21.4 Å². The van der Waals surface area contributed by atoms with Gasteiger partial charge in [0, 0.05) is 5.56 Å². The Morgan fingerprint density at radius 3 is 2.43 bits per heavy atom. The summed E-state index contributed by atoms with van der Waals surface area (Å²) < 4.78 is 5.28. The number of benzene rings is 2. The van der Waals surface area contributed by atoms with Crippen molar-refractivity contribution in [3.05, 3.63) is 64.1 Å². The van der Waals surface area contributed by atoms with Gasteiger partial charge in [-0.15, -0.1) is 0 Å². The van der Waals surface area contributed by atoms with Gasteiger partial charge in [-0.1, -0.05) is 47.5 Å². The Morgan fingerprint density at radius 1 is 1.10 bits per heavy atom. The number of nitrogens with one attached hydrogen (secondary N) is 1. The minimum absolute atomic E-state index is 0.127. The SMILES string of the molecule is O=C(COc1ccccc1)N/N=C\c1c(Cl)cccc1Cl. The lowest BCUT2D eigenvalue weighted by atomic mass is 10.2. The Morgan fingerprint density at radius 2 is 1.76 bits per heavy atom. The second kappa shape index (κ2) is 7.67. The predicted molar refractivity (Wildman–Crippen MR) is 84.1 cm³/mol. The highest BCUT2D eigenvalue weighted by Gasteiger charge is 2.03. The quantitative estimate of drug-likeness (QED) is 0.676. The van der Waals surface area contributed by atoms with Crippen LogP contribution in [0.5, 0.6) is 5.75 Å². The first kappa shape index (κ1) is 15.4. The number of nitrogens with zero attached hydrogens (tertiary/aromatic N) is 1. The van der Waals surface area contributed by atoms with Crippen LogP contribution in [0.2, 0.25) is 10.0 Å². The van der Waals surface area contributed by atoms with Crippen LogP contribution in [0.15, 0.2) is 53.6 Å². The van der Waals surface area contributed by atoms with Crippen LogP contribution in [-0.4, -0.2) is 18.7 Å². The van der Waals surface area contributed by atoms with Crippen LogP contribution in [0.1, 0.15) is 5.56 Å². The molecule has 0 radical (unpaired) electrons. The molecular weight excluding hydrogens is 311 g/mol.